The molecule has 0 saturated carbocycles. The van der Waals surface area contributed by atoms with Gasteiger partial charge in [0, 0.05) is 0 Å². The zero-order valence-corrected chi connectivity index (χ0v) is 15.3. The molecule has 96 valence electrons. The Morgan fingerprint density at radius 3 is 2.67 bits per heavy atom. The van der Waals surface area contributed by atoms with Crippen LogP contribution in [0.5, 0.6) is 0 Å². The van der Waals surface area contributed by atoms with E-state index in [-0.39, 0.29) is 53.5 Å². The maximum absolute atomic E-state index is 2.50. The second-order valence-corrected chi connectivity index (χ2v) is 8.63. The van der Waals surface area contributed by atoms with Gasteiger partial charge in [-0.25, -0.2) is 0 Å². The molecule has 0 aromatic heterocycles. The van der Waals surface area contributed by atoms with Crippen LogP contribution in [0.2, 0.25) is 5.54 Å². The molecule has 4 heteroatoms. The molecule has 2 aliphatic carbocycles. The molecule has 1 atom stereocenters. The molecule has 0 aliphatic heterocycles. The molecule has 0 radical (unpaired) electrons. The van der Waals surface area contributed by atoms with Gasteiger partial charge in [0.15, 0.2) is 0 Å². The first-order chi connectivity index (χ1) is 7.75. The Hall–Kier alpha value is 0.211. The van der Waals surface area contributed by atoms with Crippen molar-refractivity contribution in [3.05, 3.63) is 55.5 Å². The smallest absolute Gasteiger partial charge is 1.00 e. The average Bonchev–Trinajstić information content (AvgIpc) is 2.87. The van der Waals surface area contributed by atoms with Crippen LogP contribution in [0.15, 0.2) is 55.5 Å². The van der Waals surface area contributed by atoms with Crippen LogP contribution in [0, 0.1) is 0 Å². The van der Waals surface area contributed by atoms with Crippen LogP contribution >= 0.6 is 0 Å². The Balaban J connectivity index is 0.00000144. The van der Waals surface area contributed by atoms with E-state index in [0.717, 1.165) is 5.54 Å². The predicted octanol–water partition coefficient (Wildman–Crippen LogP) is -2.74. The van der Waals surface area contributed by atoms with Crippen molar-refractivity contribution in [2.75, 3.05) is 0 Å². The fourth-order valence-electron chi connectivity index (χ4n) is 1.95. The third-order valence-corrected chi connectivity index (χ3v) is 8.15. The van der Waals surface area contributed by atoms with Crippen LogP contribution in [0.25, 0.3) is 0 Å². The molecule has 0 amide bonds. The first-order valence-electron chi connectivity index (χ1n) is 5.90. The fourth-order valence-corrected chi connectivity index (χ4v) is 6.27. The fraction of sp³-hybridized carbons (Fsp3) is 0.286. The molecule has 0 aromatic carbocycles. The van der Waals surface area contributed by atoms with Gasteiger partial charge in [0.2, 0.25) is 0 Å². The molecule has 2 rings (SSSR count). The van der Waals surface area contributed by atoms with Gasteiger partial charge < -0.3 is 24.8 Å². The van der Waals surface area contributed by atoms with Crippen LogP contribution in [-0.4, -0.2) is 9.52 Å². The van der Waals surface area contributed by atoms with Crippen molar-refractivity contribution in [1.29, 1.82) is 0 Å². The maximum Gasteiger partial charge on any atom is -1.00 e. The van der Waals surface area contributed by atoms with Gasteiger partial charge in [-0.1, -0.05) is 0 Å². The summed E-state index contributed by atoms with van der Waals surface area (Å²) < 4.78 is 3.46. The second kappa shape index (κ2) is 9.17. The van der Waals surface area contributed by atoms with E-state index in [0.29, 0.717) is 0 Å². The molecule has 0 fully saturated rings. The summed E-state index contributed by atoms with van der Waals surface area (Å²) in [4.78, 5) is 0. The summed E-state index contributed by atoms with van der Waals surface area (Å²) in [6.07, 6.45) is 15.1. The monoisotopic (exact) mass is 332 g/mol. The summed E-state index contributed by atoms with van der Waals surface area (Å²) in [5.74, 6) is 0. The van der Waals surface area contributed by atoms with Crippen LogP contribution in [0.4, 0.5) is 0 Å². The van der Waals surface area contributed by atoms with Gasteiger partial charge in [0.05, 0.1) is 0 Å². The average molecular weight is 333 g/mol. The van der Waals surface area contributed by atoms with Crippen molar-refractivity contribution in [2.45, 2.75) is 25.8 Å². The van der Waals surface area contributed by atoms with Crippen molar-refractivity contribution in [3.63, 3.8) is 0 Å². The van der Waals surface area contributed by atoms with Gasteiger partial charge >= 0.3 is 110 Å². The minimum absolute atomic E-state index is 0. The predicted molar refractivity (Wildman–Crippen MR) is 70.8 cm³/mol. The zero-order valence-electron chi connectivity index (χ0n) is 10.8. The van der Waals surface area contributed by atoms with Crippen LogP contribution < -0.4 is 24.8 Å². The summed E-state index contributed by atoms with van der Waals surface area (Å²) in [6.45, 7) is 4.43. The molecule has 18 heavy (non-hydrogen) atoms. The van der Waals surface area contributed by atoms with E-state index in [1.807, 2.05) is 0 Å². The second-order valence-electron chi connectivity index (χ2n) is 4.58. The third kappa shape index (κ3) is 5.46. The molecule has 2 aliphatic rings. The van der Waals surface area contributed by atoms with E-state index in [9.17, 15) is 0 Å². The molecular formula is C14H18Cl2SiTi. The van der Waals surface area contributed by atoms with Gasteiger partial charge in [-0.3, -0.25) is 0 Å². The summed E-state index contributed by atoms with van der Waals surface area (Å²) in [5, 5.41) is 0. The molecule has 0 saturated heterocycles. The van der Waals surface area contributed by atoms with Gasteiger partial charge in [-0.2, -0.15) is 0 Å². The summed E-state index contributed by atoms with van der Waals surface area (Å²) >= 11 is 0.00599. The third-order valence-electron chi connectivity index (χ3n) is 2.87. The van der Waals surface area contributed by atoms with Crippen LogP contribution in [0.3, 0.4) is 0 Å². The number of allylic oxidation sites excluding steroid dienone is 9. The Morgan fingerprint density at radius 1 is 1.28 bits per heavy atom. The van der Waals surface area contributed by atoms with Gasteiger partial charge in [0.1, 0.15) is 0 Å². The van der Waals surface area contributed by atoms with Crippen molar-refractivity contribution in [3.8, 4) is 0 Å². The molecule has 0 heterocycles. The quantitative estimate of drug-likeness (QED) is 0.490. The minimum atomic E-state index is -0.0785. The summed E-state index contributed by atoms with van der Waals surface area (Å²) in [7, 11) is -0.0785. The number of halogens is 2. The topological polar surface area (TPSA) is 0 Å². The van der Waals surface area contributed by atoms with E-state index < -0.39 is 0 Å². The van der Waals surface area contributed by atoms with E-state index in [1.54, 1.807) is 7.76 Å². The Bertz CT molecular complexity index is 416. The Labute approximate surface area is 134 Å². The first-order valence-corrected chi connectivity index (χ1v) is 9.09. The van der Waals surface area contributed by atoms with Gasteiger partial charge in [0.25, 0.3) is 0 Å². The SMILES string of the molecule is CC(C)=C[SiH2]C1C=CC=[C]1[Ti+2][C]1=CC=CC1.[Cl-].[Cl-]. The number of rotatable bonds is 4. The normalized spacial score (nSPS) is 20.0. The Kier molecular flexibility index (Phi) is 9.28. The number of hydrogen-bond acceptors (Lipinski definition) is 0. The molecular weight excluding hydrogens is 315 g/mol. The van der Waals surface area contributed by atoms with E-state index in [4.69, 9.17) is 0 Å². The first kappa shape index (κ1) is 18.2. The van der Waals surface area contributed by atoms with Crippen LogP contribution in [-0.2, 0) is 19.2 Å². The summed E-state index contributed by atoms with van der Waals surface area (Å²) in [6, 6.07) is 0. The van der Waals surface area contributed by atoms with E-state index in [2.05, 4.69) is 56.0 Å². The molecule has 0 bridgehead atoms. The van der Waals surface area contributed by atoms with Crippen molar-refractivity contribution in [1.82, 2.24) is 0 Å². The zero-order chi connectivity index (χ0) is 11.4. The van der Waals surface area contributed by atoms with Gasteiger partial charge in [-0.15, -0.1) is 0 Å². The largest absolute Gasteiger partial charge is 1.00 e. The molecule has 1 unspecified atom stereocenters. The van der Waals surface area contributed by atoms with Crippen LogP contribution in [0.1, 0.15) is 20.3 Å². The number of hydrogen-bond donors (Lipinski definition) is 0. The molecule has 0 N–H and O–H groups in total. The van der Waals surface area contributed by atoms with Crippen molar-refractivity contribution in [2.24, 2.45) is 0 Å². The molecule has 0 aromatic rings. The maximum atomic E-state index is 2.50. The van der Waals surface area contributed by atoms with Crippen molar-refractivity contribution < 1.29 is 44.0 Å². The molecule has 0 spiro atoms. The Morgan fingerprint density at radius 2 is 2.06 bits per heavy atom. The van der Waals surface area contributed by atoms with E-state index >= 15 is 0 Å². The minimum Gasteiger partial charge on any atom is -1.00 e. The van der Waals surface area contributed by atoms with Gasteiger partial charge in [-0.05, 0) is 0 Å². The van der Waals surface area contributed by atoms with E-state index in [1.165, 1.54) is 12.0 Å². The van der Waals surface area contributed by atoms with Crippen molar-refractivity contribution >= 4 is 9.52 Å². The summed E-state index contributed by atoms with van der Waals surface area (Å²) in [5.41, 5.74) is 4.83. The standard InChI is InChI=1S/C9H13Si.C5H5.2ClH.Ti/c1-8(2)7-10-9-5-3-4-6-9;1-2-4-5-3-1;;;/h3-5,7,9H,10H2,1-2H3;1-3H,4H2;2*1H;/q;;;;+2/p-2. The molecule has 0 nitrogen and oxygen atoms in total.